The highest BCUT2D eigenvalue weighted by Gasteiger charge is 2.14. The molecule has 0 aromatic carbocycles. The summed E-state index contributed by atoms with van der Waals surface area (Å²) in [6.07, 6.45) is 5.53. The van der Waals surface area contributed by atoms with Gasteiger partial charge in [0.2, 0.25) is 0 Å². The molecule has 3 rings (SSSR count). The summed E-state index contributed by atoms with van der Waals surface area (Å²) in [6, 6.07) is 4.47. The van der Waals surface area contributed by atoms with Crippen LogP contribution in [0.2, 0.25) is 0 Å². The average molecular weight is 370 g/mol. The molecule has 3 aromatic heterocycles. The second-order valence-corrected chi connectivity index (χ2v) is 5.23. The highest BCUT2D eigenvalue weighted by Crippen LogP contribution is 2.21. The normalized spacial score (nSPS) is 10.3. The van der Waals surface area contributed by atoms with Crippen LogP contribution in [-0.4, -0.2) is 26.8 Å². The molecule has 0 bridgehead atoms. The van der Waals surface area contributed by atoms with Gasteiger partial charge in [-0.25, -0.2) is 13.8 Å². The maximum Gasteiger partial charge on any atom is 0.260 e. The third-order valence-electron chi connectivity index (χ3n) is 3.33. The monoisotopic (exact) mass is 370 g/mol. The maximum atomic E-state index is 13.2. The average Bonchev–Trinajstić information content (AvgIpc) is 2.63. The summed E-state index contributed by atoms with van der Waals surface area (Å²) in [4.78, 5) is 19.9. The van der Waals surface area contributed by atoms with E-state index < -0.39 is 17.5 Å². The lowest BCUT2D eigenvalue weighted by molar-refractivity contribution is 0.102. The quantitative estimate of drug-likeness (QED) is 0.473. The molecular formula is C17H12F2N6O2. The molecule has 0 aliphatic rings. The van der Waals surface area contributed by atoms with E-state index in [4.69, 9.17) is 15.6 Å². The van der Waals surface area contributed by atoms with E-state index in [0.717, 1.165) is 35.3 Å². The molecule has 27 heavy (non-hydrogen) atoms. The van der Waals surface area contributed by atoms with Gasteiger partial charge in [0, 0.05) is 18.3 Å². The minimum atomic E-state index is -0.753. The molecule has 0 saturated carbocycles. The molecule has 0 aliphatic carbocycles. The largest absolute Gasteiger partial charge is 0.454 e. The number of ether oxygens (including phenoxy) is 1. The second kappa shape index (κ2) is 7.52. The lowest BCUT2D eigenvalue weighted by Gasteiger charge is -2.11. The van der Waals surface area contributed by atoms with E-state index in [1.54, 1.807) is 0 Å². The SMILES string of the molecule is N=Cn1cc(Oc2cncc(F)c2)cc(C(=O)Nc2cc(F)ccn2)c1=N. The molecular weight excluding hydrogens is 358 g/mol. The van der Waals surface area contributed by atoms with E-state index in [1.165, 1.54) is 24.7 Å². The number of amides is 1. The number of aromatic nitrogens is 3. The number of nitrogens with zero attached hydrogens (tertiary/aromatic N) is 3. The van der Waals surface area contributed by atoms with Gasteiger partial charge in [-0.3, -0.25) is 25.2 Å². The van der Waals surface area contributed by atoms with Gasteiger partial charge in [-0.2, -0.15) is 0 Å². The van der Waals surface area contributed by atoms with Crippen molar-refractivity contribution in [1.29, 1.82) is 10.8 Å². The molecule has 0 unspecified atom stereocenters. The van der Waals surface area contributed by atoms with Gasteiger partial charge in [0.25, 0.3) is 5.91 Å². The van der Waals surface area contributed by atoms with Crippen LogP contribution in [0.4, 0.5) is 14.6 Å². The summed E-state index contributed by atoms with van der Waals surface area (Å²) in [7, 11) is 0. The van der Waals surface area contributed by atoms with Crippen molar-refractivity contribution < 1.29 is 18.3 Å². The molecule has 0 atom stereocenters. The summed E-state index contributed by atoms with van der Waals surface area (Å²) in [6.45, 7) is 0. The molecule has 0 aliphatic heterocycles. The van der Waals surface area contributed by atoms with Crippen molar-refractivity contribution in [3.8, 4) is 11.5 Å². The molecule has 3 aromatic rings. The van der Waals surface area contributed by atoms with Gasteiger partial charge in [0.05, 0.1) is 30.5 Å². The molecule has 0 radical (unpaired) electrons. The van der Waals surface area contributed by atoms with Crippen LogP contribution < -0.4 is 15.5 Å². The fourth-order valence-corrected chi connectivity index (χ4v) is 2.16. The first-order chi connectivity index (χ1) is 13.0. The summed E-state index contributed by atoms with van der Waals surface area (Å²) in [5, 5.41) is 17.8. The van der Waals surface area contributed by atoms with Crippen molar-refractivity contribution in [3.05, 3.63) is 71.7 Å². The Morgan fingerprint density at radius 3 is 2.70 bits per heavy atom. The standard InChI is InChI=1S/C17H12F2N6O2/c18-10-1-2-23-15(4-10)24-17(26)14-5-13(8-25(9-20)16(14)21)27-12-3-11(19)6-22-7-12/h1-9,20-21H,(H,23,24,26). The Hall–Kier alpha value is -3.95. The van der Waals surface area contributed by atoms with Gasteiger partial charge in [0.1, 0.15) is 34.4 Å². The molecule has 1 amide bonds. The van der Waals surface area contributed by atoms with Crippen molar-refractivity contribution in [3.63, 3.8) is 0 Å². The van der Waals surface area contributed by atoms with Crippen LogP contribution in [0.25, 0.3) is 0 Å². The lowest BCUT2D eigenvalue weighted by Crippen LogP contribution is -2.29. The van der Waals surface area contributed by atoms with E-state index in [1.807, 2.05) is 0 Å². The number of carbonyl (C=O) groups is 1. The van der Waals surface area contributed by atoms with Crippen molar-refractivity contribution in [2.75, 3.05) is 5.32 Å². The van der Waals surface area contributed by atoms with E-state index in [-0.39, 0.29) is 28.4 Å². The molecule has 3 heterocycles. The predicted octanol–water partition coefficient (Wildman–Crippen LogP) is 2.54. The molecule has 136 valence electrons. The van der Waals surface area contributed by atoms with Gasteiger partial charge in [-0.05, 0) is 12.1 Å². The van der Waals surface area contributed by atoms with E-state index in [2.05, 4.69) is 15.3 Å². The van der Waals surface area contributed by atoms with Gasteiger partial charge in [0.15, 0.2) is 0 Å². The number of hydrogen-bond acceptors (Lipinski definition) is 6. The van der Waals surface area contributed by atoms with Gasteiger partial charge in [-0.15, -0.1) is 0 Å². The Labute approximate surface area is 151 Å². The van der Waals surface area contributed by atoms with Crippen molar-refractivity contribution >= 4 is 18.1 Å². The highest BCUT2D eigenvalue weighted by molar-refractivity contribution is 6.03. The lowest BCUT2D eigenvalue weighted by atomic mass is 10.2. The Morgan fingerprint density at radius 2 is 2.00 bits per heavy atom. The zero-order chi connectivity index (χ0) is 19.4. The van der Waals surface area contributed by atoms with E-state index in [0.29, 0.717) is 0 Å². The van der Waals surface area contributed by atoms with Crippen molar-refractivity contribution in [1.82, 2.24) is 14.5 Å². The number of nitrogens with one attached hydrogen (secondary N) is 3. The third kappa shape index (κ3) is 4.18. The first-order valence-corrected chi connectivity index (χ1v) is 7.49. The summed E-state index contributed by atoms with van der Waals surface area (Å²) < 4.78 is 33.0. The Kier molecular flexibility index (Phi) is 4.97. The van der Waals surface area contributed by atoms with Gasteiger partial charge in [-0.1, -0.05) is 0 Å². The first-order valence-electron chi connectivity index (χ1n) is 7.49. The molecule has 10 heteroatoms. The number of halogens is 2. The second-order valence-electron chi connectivity index (χ2n) is 5.23. The van der Waals surface area contributed by atoms with Gasteiger partial charge < -0.3 is 10.1 Å². The highest BCUT2D eigenvalue weighted by atomic mass is 19.1. The number of rotatable bonds is 5. The number of anilines is 1. The zero-order valence-corrected chi connectivity index (χ0v) is 13.6. The van der Waals surface area contributed by atoms with Crippen LogP contribution in [0.1, 0.15) is 10.4 Å². The maximum absolute atomic E-state index is 13.2. The molecule has 0 saturated heterocycles. The fourth-order valence-electron chi connectivity index (χ4n) is 2.16. The molecule has 0 fully saturated rings. The topological polar surface area (TPSA) is 117 Å². The predicted molar refractivity (Wildman–Crippen MR) is 90.9 cm³/mol. The Balaban J connectivity index is 1.95. The minimum absolute atomic E-state index is 0.0403. The number of carbonyl (C=O) groups excluding carboxylic acids is 1. The molecule has 8 nitrogen and oxygen atoms in total. The Bertz CT molecular complexity index is 1080. The van der Waals surface area contributed by atoms with Crippen LogP contribution in [-0.2, 0) is 0 Å². The summed E-state index contributed by atoms with van der Waals surface area (Å²) in [5.74, 6) is -1.85. The van der Waals surface area contributed by atoms with Crippen LogP contribution in [0.5, 0.6) is 11.5 Å². The van der Waals surface area contributed by atoms with Gasteiger partial charge >= 0.3 is 0 Å². The number of hydrogen-bond donors (Lipinski definition) is 3. The van der Waals surface area contributed by atoms with Crippen molar-refractivity contribution in [2.45, 2.75) is 0 Å². The molecule has 0 spiro atoms. The number of pyridine rings is 3. The van der Waals surface area contributed by atoms with Crippen LogP contribution in [0, 0.1) is 22.5 Å². The zero-order valence-electron chi connectivity index (χ0n) is 13.6. The summed E-state index contributed by atoms with van der Waals surface area (Å²) >= 11 is 0. The Morgan fingerprint density at radius 1 is 1.19 bits per heavy atom. The first kappa shape index (κ1) is 17.9. The summed E-state index contributed by atoms with van der Waals surface area (Å²) in [5.41, 5.74) is -0.463. The van der Waals surface area contributed by atoms with Crippen LogP contribution in [0.15, 0.2) is 49.1 Å². The van der Waals surface area contributed by atoms with Crippen molar-refractivity contribution in [2.24, 2.45) is 0 Å². The van der Waals surface area contributed by atoms with E-state index in [9.17, 15) is 13.6 Å². The van der Waals surface area contributed by atoms with Crippen LogP contribution in [0.3, 0.4) is 0 Å². The smallest absolute Gasteiger partial charge is 0.260 e. The van der Waals surface area contributed by atoms with Crippen LogP contribution >= 0.6 is 0 Å². The minimum Gasteiger partial charge on any atom is -0.454 e. The molecule has 3 N–H and O–H groups in total. The fraction of sp³-hybridized carbons (Fsp3) is 0. The third-order valence-corrected chi connectivity index (χ3v) is 3.33. The van der Waals surface area contributed by atoms with E-state index >= 15 is 0 Å².